The monoisotopic (exact) mass is 183 g/mol. The molecule has 0 N–H and O–H groups in total. The fourth-order valence-corrected chi connectivity index (χ4v) is 2.59. The Balaban J connectivity index is 2.50. The van der Waals surface area contributed by atoms with Crippen LogP contribution in [0.5, 0.6) is 0 Å². The van der Waals surface area contributed by atoms with Gasteiger partial charge in [0.25, 0.3) is 0 Å². The van der Waals surface area contributed by atoms with Crippen molar-refractivity contribution >= 4 is 0 Å². The van der Waals surface area contributed by atoms with Gasteiger partial charge in [-0.25, -0.2) is 0 Å². The number of hydrogen-bond donors (Lipinski definition) is 0. The molecule has 78 valence electrons. The summed E-state index contributed by atoms with van der Waals surface area (Å²) in [6.45, 7) is 13.0. The van der Waals surface area contributed by atoms with Crippen LogP contribution in [0.1, 0.15) is 47.5 Å². The number of rotatable bonds is 3. The quantitative estimate of drug-likeness (QED) is 0.649. The molecule has 0 amide bonds. The van der Waals surface area contributed by atoms with Crippen LogP contribution in [0.3, 0.4) is 0 Å². The number of nitrogens with zero attached hydrogens (tertiary/aromatic N) is 1. The lowest BCUT2D eigenvalue weighted by Crippen LogP contribution is -2.36. The highest BCUT2D eigenvalue weighted by Gasteiger charge is 2.31. The molecule has 1 aliphatic heterocycles. The van der Waals surface area contributed by atoms with Gasteiger partial charge in [0.1, 0.15) is 0 Å². The van der Waals surface area contributed by atoms with Crippen LogP contribution in [-0.4, -0.2) is 23.5 Å². The topological polar surface area (TPSA) is 3.24 Å². The first-order valence-corrected chi connectivity index (χ1v) is 5.76. The Morgan fingerprint density at radius 1 is 1.23 bits per heavy atom. The second-order valence-corrected chi connectivity index (χ2v) is 5.41. The number of hydrogen-bond acceptors (Lipinski definition) is 1. The van der Waals surface area contributed by atoms with Crippen molar-refractivity contribution in [1.82, 2.24) is 4.90 Å². The minimum Gasteiger partial charge on any atom is -0.298 e. The van der Waals surface area contributed by atoms with Gasteiger partial charge >= 0.3 is 0 Å². The van der Waals surface area contributed by atoms with E-state index >= 15 is 0 Å². The van der Waals surface area contributed by atoms with Crippen molar-refractivity contribution in [1.29, 1.82) is 0 Å². The van der Waals surface area contributed by atoms with Crippen molar-refractivity contribution in [3.05, 3.63) is 0 Å². The first-order chi connectivity index (χ1) is 6.00. The fraction of sp³-hybridized carbons (Fsp3) is 1.00. The summed E-state index contributed by atoms with van der Waals surface area (Å²) < 4.78 is 0. The molecule has 0 saturated carbocycles. The minimum atomic E-state index is 0.730. The second kappa shape index (κ2) is 4.45. The molecule has 0 aromatic carbocycles. The summed E-state index contributed by atoms with van der Waals surface area (Å²) in [5.41, 5.74) is 0. The van der Waals surface area contributed by atoms with E-state index in [-0.39, 0.29) is 0 Å². The second-order valence-electron chi connectivity index (χ2n) is 5.41. The maximum atomic E-state index is 2.69. The standard InChI is InChI=1S/C12H25N/c1-9(2)6-12-7-11(5)8-13(12)10(3)4/h9-12H,6-8H2,1-5H3. The lowest BCUT2D eigenvalue weighted by Gasteiger charge is -2.29. The van der Waals surface area contributed by atoms with E-state index in [4.69, 9.17) is 0 Å². The highest BCUT2D eigenvalue weighted by molar-refractivity contribution is 4.85. The highest BCUT2D eigenvalue weighted by atomic mass is 15.2. The van der Waals surface area contributed by atoms with Crippen molar-refractivity contribution in [3.63, 3.8) is 0 Å². The minimum absolute atomic E-state index is 0.730. The van der Waals surface area contributed by atoms with Gasteiger partial charge in [0.15, 0.2) is 0 Å². The van der Waals surface area contributed by atoms with Gasteiger partial charge in [-0.15, -0.1) is 0 Å². The van der Waals surface area contributed by atoms with Crippen LogP contribution in [0, 0.1) is 11.8 Å². The Kier molecular flexibility index (Phi) is 3.78. The van der Waals surface area contributed by atoms with Gasteiger partial charge in [-0.1, -0.05) is 20.8 Å². The predicted molar refractivity (Wildman–Crippen MR) is 58.9 cm³/mol. The van der Waals surface area contributed by atoms with Crippen molar-refractivity contribution in [2.45, 2.75) is 59.5 Å². The molecule has 1 nitrogen and oxygen atoms in total. The third-order valence-electron chi connectivity index (χ3n) is 3.07. The first-order valence-electron chi connectivity index (χ1n) is 5.76. The normalized spacial score (nSPS) is 30.7. The lowest BCUT2D eigenvalue weighted by molar-refractivity contribution is 0.181. The summed E-state index contributed by atoms with van der Waals surface area (Å²) in [6.07, 6.45) is 2.79. The first kappa shape index (κ1) is 11.0. The van der Waals surface area contributed by atoms with E-state index in [1.807, 2.05) is 0 Å². The summed E-state index contributed by atoms with van der Waals surface area (Å²) in [4.78, 5) is 2.69. The summed E-state index contributed by atoms with van der Waals surface area (Å²) in [5.74, 6) is 1.75. The molecule has 0 aromatic heterocycles. The maximum absolute atomic E-state index is 2.69. The lowest BCUT2D eigenvalue weighted by atomic mass is 9.99. The van der Waals surface area contributed by atoms with Crippen LogP contribution in [0.2, 0.25) is 0 Å². The molecular formula is C12H25N. The average Bonchev–Trinajstić information content (AvgIpc) is 2.29. The molecule has 2 unspecified atom stereocenters. The molecule has 2 atom stereocenters. The van der Waals surface area contributed by atoms with E-state index in [9.17, 15) is 0 Å². The number of likely N-dealkylation sites (tertiary alicyclic amines) is 1. The third kappa shape index (κ3) is 2.98. The van der Waals surface area contributed by atoms with Gasteiger partial charge in [-0.3, -0.25) is 4.90 Å². The van der Waals surface area contributed by atoms with Crippen LogP contribution in [0.15, 0.2) is 0 Å². The van der Waals surface area contributed by atoms with Crippen molar-refractivity contribution in [2.24, 2.45) is 11.8 Å². The Morgan fingerprint density at radius 2 is 1.85 bits per heavy atom. The molecule has 13 heavy (non-hydrogen) atoms. The predicted octanol–water partition coefficient (Wildman–Crippen LogP) is 3.15. The zero-order valence-electron chi connectivity index (χ0n) is 9.88. The SMILES string of the molecule is CC(C)CC1CC(C)CN1C(C)C. The largest absolute Gasteiger partial charge is 0.298 e. The molecule has 0 bridgehead atoms. The van der Waals surface area contributed by atoms with Gasteiger partial charge < -0.3 is 0 Å². The van der Waals surface area contributed by atoms with E-state index in [1.54, 1.807) is 0 Å². The smallest absolute Gasteiger partial charge is 0.0103 e. The average molecular weight is 183 g/mol. The summed E-state index contributed by atoms with van der Waals surface area (Å²) in [6, 6.07) is 1.59. The van der Waals surface area contributed by atoms with Crippen LogP contribution in [0.4, 0.5) is 0 Å². The molecule has 1 heterocycles. The van der Waals surface area contributed by atoms with Crippen LogP contribution >= 0.6 is 0 Å². The molecule has 1 saturated heterocycles. The van der Waals surface area contributed by atoms with Gasteiger partial charge in [-0.05, 0) is 38.5 Å². The van der Waals surface area contributed by atoms with Gasteiger partial charge in [0.05, 0.1) is 0 Å². The zero-order valence-corrected chi connectivity index (χ0v) is 9.88. The molecule has 0 aliphatic carbocycles. The van der Waals surface area contributed by atoms with Crippen LogP contribution in [-0.2, 0) is 0 Å². The summed E-state index contributed by atoms with van der Waals surface area (Å²) in [5, 5.41) is 0. The Bertz CT molecular complexity index is 151. The Morgan fingerprint density at radius 3 is 2.31 bits per heavy atom. The molecule has 1 fully saturated rings. The molecule has 1 heteroatoms. The molecule has 0 radical (unpaired) electrons. The molecule has 0 spiro atoms. The fourth-order valence-electron chi connectivity index (χ4n) is 2.59. The van der Waals surface area contributed by atoms with Crippen LogP contribution in [0.25, 0.3) is 0 Å². The maximum Gasteiger partial charge on any atom is 0.0103 e. The summed E-state index contributed by atoms with van der Waals surface area (Å²) in [7, 11) is 0. The Hall–Kier alpha value is -0.0400. The molecule has 1 aliphatic rings. The van der Waals surface area contributed by atoms with E-state index in [1.165, 1.54) is 19.4 Å². The van der Waals surface area contributed by atoms with E-state index < -0.39 is 0 Å². The van der Waals surface area contributed by atoms with Crippen molar-refractivity contribution in [2.75, 3.05) is 6.54 Å². The highest BCUT2D eigenvalue weighted by Crippen LogP contribution is 2.28. The van der Waals surface area contributed by atoms with Crippen molar-refractivity contribution in [3.8, 4) is 0 Å². The Labute approximate surface area is 83.5 Å². The van der Waals surface area contributed by atoms with E-state index in [0.29, 0.717) is 0 Å². The van der Waals surface area contributed by atoms with Gasteiger partial charge in [0, 0.05) is 18.6 Å². The van der Waals surface area contributed by atoms with E-state index in [2.05, 4.69) is 39.5 Å². The van der Waals surface area contributed by atoms with Gasteiger partial charge in [-0.2, -0.15) is 0 Å². The van der Waals surface area contributed by atoms with E-state index in [0.717, 1.165) is 23.9 Å². The van der Waals surface area contributed by atoms with Gasteiger partial charge in [0.2, 0.25) is 0 Å². The summed E-state index contributed by atoms with van der Waals surface area (Å²) >= 11 is 0. The molecular weight excluding hydrogens is 158 g/mol. The van der Waals surface area contributed by atoms with Crippen LogP contribution < -0.4 is 0 Å². The molecule has 1 rings (SSSR count). The molecule has 0 aromatic rings. The third-order valence-corrected chi connectivity index (χ3v) is 3.07. The van der Waals surface area contributed by atoms with Crippen molar-refractivity contribution < 1.29 is 0 Å². The zero-order chi connectivity index (χ0) is 10.0.